The Morgan fingerprint density at radius 3 is 2.15 bits per heavy atom. The van der Waals surface area contributed by atoms with Crippen LogP contribution in [0.3, 0.4) is 0 Å². The molecular weight excluding hydrogens is 326 g/mol. The molecule has 0 aliphatic carbocycles. The molecule has 0 aliphatic rings. The van der Waals surface area contributed by atoms with Crippen molar-refractivity contribution in [3.8, 4) is 0 Å². The number of ether oxygens (including phenoxy) is 1. The normalized spacial score (nSPS) is 11.7. The number of hydrogen-bond donors (Lipinski definition) is 1. The fourth-order valence-electron chi connectivity index (χ4n) is 2.78. The first-order valence-corrected chi connectivity index (χ1v) is 9.07. The van der Waals surface area contributed by atoms with Crippen molar-refractivity contribution < 1.29 is 14.3 Å². The molecule has 138 valence electrons. The van der Waals surface area contributed by atoms with E-state index in [1.54, 1.807) is 19.1 Å². The van der Waals surface area contributed by atoms with Gasteiger partial charge in [0, 0.05) is 5.69 Å². The van der Waals surface area contributed by atoms with Gasteiger partial charge in [-0.1, -0.05) is 38.1 Å². The second-order valence-electron chi connectivity index (χ2n) is 6.49. The Labute approximate surface area is 155 Å². The third kappa shape index (κ3) is 4.51. The smallest absolute Gasteiger partial charge is 0.338 e. The van der Waals surface area contributed by atoms with Gasteiger partial charge in [0.05, 0.1) is 5.56 Å². The average Bonchev–Trinajstić information content (AvgIpc) is 2.63. The van der Waals surface area contributed by atoms with Gasteiger partial charge < -0.3 is 10.1 Å². The summed E-state index contributed by atoms with van der Waals surface area (Å²) < 4.78 is 5.36. The number of benzene rings is 2. The first-order chi connectivity index (χ1) is 12.4. The molecule has 0 unspecified atom stereocenters. The molecule has 2 aromatic carbocycles. The highest BCUT2D eigenvalue weighted by Crippen LogP contribution is 2.23. The van der Waals surface area contributed by atoms with Gasteiger partial charge in [-0.05, 0) is 68.0 Å². The van der Waals surface area contributed by atoms with Crippen LogP contribution in [-0.2, 0) is 22.4 Å². The summed E-state index contributed by atoms with van der Waals surface area (Å²) >= 11 is 0. The van der Waals surface area contributed by atoms with E-state index in [4.69, 9.17) is 4.74 Å². The van der Waals surface area contributed by atoms with Crippen molar-refractivity contribution in [3.63, 3.8) is 0 Å². The maximum atomic E-state index is 12.5. The Hall–Kier alpha value is -2.62. The molecule has 26 heavy (non-hydrogen) atoms. The number of esters is 1. The van der Waals surface area contributed by atoms with Crippen molar-refractivity contribution in [2.75, 3.05) is 5.32 Å². The van der Waals surface area contributed by atoms with E-state index in [2.05, 4.69) is 5.32 Å². The molecular formula is C22H27NO3. The lowest BCUT2D eigenvalue weighted by molar-refractivity contribution is -0.123. The number of carbonyl (C=O) groups is 2. The second kappa shape index (κ2) is 8.65. The van der Waals surface area contributed by atoms with Crippen molar-refractivity contribution in [1.82, 2.24) is 0 Å². The monoisotopic (exact) mass is 353 g/mol. The van der Waals surface area contributed by atoms with Crippen LogP contribution in [0.1, 0.15) is 53.4 Å². The summed E-state index contributed by atoms with van der Waals surface area (Å²) in [6.07, 6.45) is 0.763. The van der Waals surface area contributed by atoms with Gasteiger partial charge in [-0.3, -0.25) is 4.79 Å². The number of nitrogens with one attached hydrogen (secondary N) is 1. The number of rotatable bonds is 6. The maximum Gasteiger partial charge on any atom is 0.338 e. The van der Waals surface area contributed by atoms with Crippen molar-refractivity contribution in [1.29, 1.82) is 0 Å². The molecule has 4 heteroatoms. The molecule has 1 N–H and O–H groups in total. The summed E-state index contributed by atoms with van der Waals surface area (Å²) in [5.41, 5.74) is 5.56. The molecule has 0 spiro atoms. The van der Waals surface area contributed by atoms with Gasteiger partial charge >= 0.3 is 5.97 Å². The molecule has 1 amide bonds. The number of aryl methyl sites for hydroxylation is 4. The third-order valence-electron chi connectivity index (χ3n) is 4.64. The van der Waals surface area contributed by atoms with Gasteiger partial charge in [-0.25, -0.2) is 4.79 Å². The highest BCUT2D eigenvalue weighted by atomic mass is 16.5. The molecule has 0 bridgehead atoms. The van der Waals surface area contributed by atoms with Gasteiger partial charge in [0.15, 0.2) is 6.10 Å². The standard InChI is InChI=1S/C22H27NO3/c1-6-17-9-8-10-18(7-2)20(17)23-21(24)16(5)26-22(25)19-12-11-14(3)15(4)13-19/h8-13,16H,6-7H2,1-5H3,(H,23,24)/t16-/m0/s1. The topological polar surface area (TPSA) is 55.4 Å². The van der Waals surface area contributed by atoms with E-state index in [1.807, 2.05) is 52.0 Å². The Kier molecular flexibility index (Phi) is 6.56. The number of carbonyl (C=O) groups excluding carboxylic acids is 2. The lowest BCUT2D eigenvalue weighted by Crippen LogP contribution is -2.30. The van der Waals surface area contributed by atoms with E-state index in [-0.39, 0.29) is 5.91 Å². The Bertz CT molecular complexity index is 789. The Balaban J connectivity index is 2.10. The van der Waals surface area contributed by atoms with Crippen LogP contribution in [0.5, 0.6) is 0 Å². The fraction of sp³-hybridized carbons (Fsp3) is 0.364. The average molecular weight is 353 g/mol. The van der Waals surface area contributed by atoms with Crippen LogP contribution in [-0.4, -0.2) is 18.0 Å². The van der Waals surface area contributed by atoms with Crippen LogP contribution >= 0.6 is 0 Å². The van der Waals surface area contributed by atoms with Crippen LogP contribution in [0.15, 0.2) is 36.4 Å². The van der Waals surface area contributed by atoms with E-state index in [9.17, 15) is 9.59 Å². The van der Waals surface area contributed by atoms with Gasteiger partial charge in [0.2, 0.25) is 0 Å². The molecule has 0 fully saturated rings. The molecule has 2 aromatic rings. The number of hydrogen-bond acceptors (Lipinski definition) is 3. The van der Waals surface area contributed by atoms with E-state index >= 15 is 0 Å². The zero-order valence-electron chi connectivity index (χ0n) is 16.2. The zero-order valence-corrected chi connectivity index (χ0v) is 16.2. The van der Waals surface area contributed by atoms with Crippen molar-refractivity contribution in [3.05, 3.63) is 64.2 Å². The van der Waals surface area contributed by atoms with Crippen molar-refractivity contribution in [2.24, 2.45) is 0 Å². The van der Waals surface area contributed by atoms with E-state index in [0.29, 0.717) is 5.56 Å². The largest absolute Gasteiger partial charge is 0.449 e. The molecule has 0 radical (unpaired) electrons. The minimum atomic E-state index is -0.876. The van der Waals surface area contributed by atoms with Crippen molar-refractivity contribution in [2.45, 2.75) is 53.6 Å². The predicted octanol–water partition coefficient (Wildman–Crippen LogP) is 4.61. The van der Waals surface area contributed by atoms with E-state index in [1.165, 1.54) is 0 Å². The quantitative estimate of drug-likeness (QED) is 0.772. The van der Waals surface area contributed by atoms with E-state index < -0.39 is 12.1 Å². The third-order valence-corrected chi connectivity index (χ3v) is 4.64. The lowest BCUT2D eigenvalue weighted by Gasteiger charge is -2.18. The highest BCUT2D eigenvalue weighted by molar-refractivity contribution is 5.98. The first kappa shape index (κ1) is 19.7. The molecule has 0 aliphatic heterocycles. The van der Waals surface area contributed by atoms with E-state index in [0.717, 1.165) is 40.8 Å². The van der Waals surface area contributed by atoms with Crippen LogP contribution < -0.4 is 5.32 Å². The van der Waals surface area contributed by atoms with Gasteiger partial charge in [0.25, 0.3) is 5.91 Å². The number of para-hydroxylation sites is 1. The minimum Gasteiger partial charge on any atom is -0.449 e. The first-order valence-electron chi connectivity index (χ1n) is 9.07. The van der Waals surface area contributed by atoms with Crippen LogP contribution in [0.25, 0.3) is 0 Å². The Morgan fingerprint density at radius 1 is 1.00 bits per heavy atom. The molecule has 1 atom stereocenters. The number of amides is 1. The summed E-state index contributed by atoms with van der Waals surface area (Å²) in [4.78, 5) is 24.9. The van der Waals surface area contributed by atoms with Crippen LogP contribution in [0, 0.1) is 13.8 Å². The molecule has 0 aromatic heterocycles. The SMILES string of the molecule is CCc1cccc(CC)c1NC(=O)[C@H](C)OC(=O)c1ccc(C)c(C)c1. The molecule has 0 saturated carbocycles. The predicted molar refractivity (Wildman–Crippen MR) is 105 cm³/mol. The second-order valence-corrected chi connectivity index (χ2v) is 6.49. The molecule has 4 nitrogen and oxygen atoms in total. The molecule has 2 rings (SSSR count). The maximum absolute atomic E-state index is 12.5. The summed E-state index contributed by atoms with van der Waals surface area (Å²) in [5.74, 6) is -0.812. The molecule has 0 saturated heterocycles. The number of anilines is 1. The van der Waals surface area contributed by atoms with Crippen LogP contribution in [0.2, 0.25) is 0 Å². The fourth-order valence-corrected chi connectivity index (χ4v) is 2.78. The summed E-state index contributed by atoms with van der Waals surface area (Å²) in [5, 5.41) is 2.94. The highest BCUT2D eigenvalue weighted by Gasteiger charge is 2.21. The van der Waals surface area contributed by atoms with Gasteiger partial charge in [-0.2, -0.15) is 0 Å². The molecule has 0 heterocycles. The minimum absolute atomic E-state index is 0.321. The Morgan fingerprint density at radius 2 is 1.62 bits per heavy atom. The van der Waals surface area contributed by atoms with Crippen molar-refractivity contribution >= 4 is 17.6 Å². The summed E-state index contributed by atoms with van der Waals surface area (Å²) in [7, 11) is 0. The van der Waals surface area contributed by atoms with Gasteiger partial charge in [-0.15, -0.1) is 0 Å². The zero-order chi connectivity index (χ0) is 19.3. The lowest BCUT2D eigenvalue weighted by atomic mass is 10.0. The summed E-state index contributed by atoms with van der Waals surface area (Å²) in [6, 6.07) is 11.4. The van der Waals surface area contributed by atoms with Gasteiger partial charge in [0.1, 0.15) is 0 Å². The summed E-state index contributed by atoms with van der Waals surface area (Å²) in [6.45, 7) is 9.61. The van der Waals surface area contributed by atoms with Crippen LogP contribution in [0.4, 0.5) is 5.69 Å².